The molecule has 1 amide bonds. The third kappa shape index (κ3) is 4.86. The molecule has 2 aromatic carbocycles. The zero-order valence-corrected chi connectivity index (χ0v) is 20.1. The number of aryl methyl sites for hydroxylation is 1. The number of methoxy groups -OCH3 is 1. The Bertz CT molecular complexity index is 1230. The van der Waals surface area contributed by atoms with Crippen molar-refractivity contribution in [3.63, 3.8) is 0 Å². The monoisotopic (exact) mass is 474 g/mol. The highest BCUT2D eigenvalue weighted by molar-refractivity contribution is 5.95. The minimum Gasteiger partial charge on any atom is -0.489 e. The van der Waals surface area contributed by atoms with Crippen molar-refractivity contribution in [1.82, 2.24) is 10.3 Å². The van der Waals surface area contributed by atoms with Crippen LogP contribution in [0.3, 0.4) is 0 Å². The fourth-order valence-corrected chi connectivity index (χ4v) is 5.43. The maximum atomic E-state index is 13.0. The van der Waals surface area contributed by atoms with Crippen molar-refractivity contribution in [2.75, 3.05) is 13.7 Å². The number of carbonyl (C=O) groups is 2. The Morgan fingerprint density at radius 3 is 2.69 bits per heavy atom. The first-order chi connectivity index (χ1) is 17.0. The van der Waals surface area contributed by atoms with Crippen LogP contribution in [0, 0.1) is 12.8 Å². The molecule has 1 unspecified atom stereocenters. The Hall–Kier alpha value is -3.45. The number of esters is 1. The largest absolute Gasteiger partial charge is 0.489 e. The summed E-state index contributed by atoms with van der Waals surface area (Å²) in [5.41, 5.74) is 3.13. The van der Waals surface area contributed by atoms with E-state index in [9.17, 15) is 9.59 Å². The fourth-order valence-electron chi connectivity index (χ4n) is 5.43. The number of hydrogen-bond donors (Lipinski definition) is 1. The van der Waals surface area contributed by atoms with Crippen LogP contribution in [0.15, 0.2) is 54.6 Å². The Labute approximate surface area is 204 Å². The van der Waals surface area contributed by atoms with E-state index >= 15 is 0 Å². The summed E-state index contributed by atoms with van der Waals surface area (Å²) in [7, 11) is 1.39. The maximum Gasteiger partial charge on any atom is 0.310 e. The molecule has 3 atom stereocenters. The van der Waals surface area contributed by atoms with Crippen LogP contribution in [0.25, 0.3) is 10.9 Å². The van der Waals surface area contributed by atoms with Crippen molar-refractivity contribution in [2.24, 2.45) is 5.92 Å². The molecule has 2 heterocycles. The topological polar surface area (TPSA) is 86.8 Å². The van der Waals surface area contributed by atoms with Gasteiger partial charge >= 0.3 is 5.97 Å². The summed E-state index contributed by atoms with van der Waals surface area (Å²) in [5, 5.41) is 4.11. The molecule has 1 N–H and O–H groups in total. The molecule has 1 spiro atoms. The normalized spacial score (nSPS) is 23.5. The van der Waals surface area contributed by atoms with E-state index in [0.717, 1.165) is 35.0 Å². The van der Waals surface area contributed by atoms with Crippen molar-refractivity contribution >= 4 is 22.8 Å². The third-order valence-corrected chi connectivity index (χ3v) is 7.12. The smallest absolute Gasteiger partial charge is 0.310 e. The number of aromatic nitrogens is 1. The molecule has 5 rings (SSSR count). The number of para-hydroxylation sites is 1. The molecule has 1 aliphatic carbocycles. The number of nitrogens with zero attached hydrogens (tertiary/aromatic N) is 1. The molecule has 0 bridgehead atoms. The second-order valence-electron chi connectivity index (χ2n) is 9.51. The number of benzene rings is 2. The third-order valence-electron chi connectivity index (χ3n) is 7.12. The molecular weight excluding hydrogens is 444 g/mol. The first-order valence-corrected chi connectivity index (χ1v) is 12.1. The first kappa shape index (κ1) is 23.3. The van der Waals surface area contributed by atoms with E-state index in [0.29, 0.717) is 37.4 Å². The Kier molecular flexibility index (Phi) is 6.43. The molecule has 182 valence electrons. The molecule has 1 saturated heterocycles. The van der Waals surface area contributed by atoms with Crippen LogP contribution in [0.5, 0.6) is 5.75 Å². The van der Waals surface area contributed by atoms with E-state index in [1.807, 2.05) is 37.3 Å². The molecule has 7 nitrogen and oxygen atoms in total. The standard InChI is InChI=1S/C28H30N2O5/c1-18-14-20(22-6-3-4-7-24(22)29-18)17-34-21-10-8-19(9-11-21)26(31)30-25-16-28(12-5-13-35-28)15-23(25)27(32)33-2/h3-4,6-11,14,23,25H,5,12-13,15-17H2,1-2H3,(H,30,31)/t23?,25-,28+/m0/s1. The second kappa shape index (κ2) is 9.66. The van der Waals surface area contributed by atoms with Gasteiger partial charge in [-0.05, 0) is 69.0 Å². The van der Waals surface area contributed by atoms with Gasteiger partial charge in [-0.15, -0.1) is 0 Å². The summed E-state index contributed by atoms with van der Waals surface area (Å²) in [6.45, 7) is 3.07. The lowest BCUT2D eigenvalue weighted by atomic mass is 9.97. The molecule has 2 fully saturated rings. The van der Waals surface area contributed by atoms with Crippen LogP contribution >= 0.6 is 0 Å². The minimum absolute atomic E-state index is 0.221. The van der Waals surface area contributed by atoms with E-state index in [1.165, 1.54) is 7.11 Å². The van der Waals surface area contributed by atoms with Gasteiger partial charge in [0.2, 0.25) is 0 Å². The van der Waals surface area contributed by atoms with E-state index < -0.39 is 5.92 Å². The Morgan fingerprint density at radius 1 is 1.14 bits per heavy atom. The molecule has 1 saturated carbocycles. The maximum absolute atomic E-state index is 13.0. The van der Waals surface area contributed by atoms with Gasteiger partial charge in [-0.3, -0.25) is 14.6 Å². The highest BCUT2D eigenvalue weighted by Gasteiger charge is 2.51. The van der Waals surface area contributed by atoms with Gasteiger partial charge in [0.1, 0.15) is 12.4 Å². The van der Waals surface area contributed by atoms with Crippen LogP contribution in [0.1, 0.15) is 47.3 Å². The SMILES string of the molecule is COC(=O)C1C[C@]2(CCCO2)C[C@@H]1NC(=O)c1ccc(OCc2cc(C)nc3ccccc23)cc1. The average Bonchev–Trinajstić information content (AvgIpc) is 3.48. The van der Waals surface area contributed by atoms with Crippen molar-refractivity contribution in [3.8, 4) is 5.75 Å². The number of nitrogens with one attached hydrogen (secondary N) is 1. The fraction of sp³-hybridized carbons (Fsp3) is 0.393. The number of fused-ring (bicyclic) bond motifs is 1. The van der Waals surface area contributed by atoms with Gasteiger partial charge in [0.15, 0.2) is 0 Å². The average molecular weight is 475 g/mol. The summed E-state index contributed by atoms with van der Waals surface area (Å²) >= 11 is 0. The number of hydrogen-bond acceptors (Lipinski definition) is 6. The summed E-state index contributed by atoms with van der Waals surface area (Å²) in [4.78, 5) is 29.9. The van der Waals surface area contributed by atoms with Crippen LogP contribution in [0.2, 0.25) is 0 Å². The van der Waals surface area contributed by atoms with Crippen LogP contribution in [0.4, 0.5) is 0 Å². The highest BCUT2D eigenvalue weighted by Crippen LogP contribution is 2.44. The lowest BCUT2D eigenvalue weighted by molar-refractivity contribution is -0.146. The van der Waals surface area contributed by atoms with Gasteiger partial charge in [0, 0.05) is 34.9 Å². The molecule has 2 aliphatic rings. The van der Waals surface area contributed by atoms with Gasteiger partial charge in [-0.2, -0.15) is 0 Å². The highest BCUT2D eigenvalue weighted by atomic mass is 16.5. The minimum atomic E-state index is -0.400. The summed E-state index contributed by atoms with van der Waals surface area (Å²) < 4.78 is 17.0. The van der Waals surface area contributed by atoms with Crippen molar-refractivity contribution < 1.29 is 23.8 Å². The number of amides is 1. The van der Waals surface area contributed by atoms with Crippen molar-refractivity contribution in [2.45, 2.75) is 50.9 Å². The molecule has 1 aromatic heterocycles. The molecular formula is C28H30N2O5. The van der Waals surface area contributed by atoms with E-state index in [1.54, 1.807) is 24.3 Å². The van der Waals surface area contributed by atoms with E-state index in [2.05, 4.69) is 10.3 Å². The molecule has 35 heavy (non-hydrogen) atoms. The Balaban J connectivity index is 1.24. The predicted molar refractivity (Wildman–Crippen MR) is 131 cm³/mol. The quantitative estimate of drug-likeness (QED) is 0.535. The van der Waals surface area contributed by atoms with Crippen molar-refractivity contribution in [1.29, 1.82) is 0 Å². The second-order valence-corrected chi connectivity index (χ2v) is 9.51. The van der Waals surface area contributed by atoms with Gasteiger partial charge in [0.05, 0.1) is 24.1 Å². The number of carbonyl (C=O) groups excluding carboxylic acids is 2. The number of rotatable bonds is 6. The van der Waals surface area contributed by atoms with Crippen LogP contribution in [-0.4, -0.2) is 42.2 Å². The van der Waals surface area contributed by atoms with Gasteiger partial charge in [0.25, 0.3) is 5.91 Å². The molecule has 1 aliphatic heterocycles. The lowest BCUT2D eigenvalue weighted by Gasteiger charge is -2.22. The summed E-state index contributed by atoms with van der Waals surface area (Å²) in [6, 6.07) is 16.8. The van der Waals surface area contributed by atoms with Gasteiger partial charge in [-0.1, -0.05) is 18.2 Å². The lowest BCUT2D eigenvalue weighted by Crippen LogP contribution is -2.40. The number of pyridine rings is 1. The van der Waals surface area contributed by atoms with Gasteiger partial charge < -0.3 is 19.5 Å². The molecule has 3 aromatic rings. The van der Waals surface area contributed by atoms with Gasteiger partial charge in [-0.25, -0.2) is 0 Å². The predicted octanol–water partition coefficient (Wildman–Crippen LogP) is 4.35. The summed E-state index contributed by atoms with van der Waals surface area (Å²) in [6.07, 6.45) is 3.09. The zero-order chi connectivity index (χ0) is 24.4. The summed E-state index contributed by atoms with van der Waals surface area (Å²) in [5.74, 6) is -0.249. The molecule has 0 radical (unpaired) electrons. The van der Waals surface area contributed by atoms with Crippen LogP contribution < -0.4 is 10.1 Å². The zero-order valence-electron chi connectivity index (χ0n) is 20.1. The van der Waals surface area contributed by atoms with Crippen LogP contribution in [-0.2, 0) is 20.9 Å². The first-order valence-electron chi connectivity index (χ1n) is 12.1. The Morgan fingerprint density at radius 2 is 1.94 bits per heavy atom. The van der Waals surface area contributed by atoms with E-state index in [-0.39, 0.29) is 23.5 Å². The van der Waals surface area contributed by atoms with E-state index in [4.69, 9.17) is 14.2 Å². The number of ether oxygens (including phenoxy) is 3. The molecule has 7 heteroatoms. The van der Waals surface area contributed by atoms with Crippen molar-refractivity contribution in [3.05, 3.63) is 71.4 Å².